The molecule has 138 valence electrons. The van der Waals surface area contributed by atoms with Gasteiger partial charge in [0, 0.05) is 10.4 Å². The van der Waals surface area contributed by atoms with Crippen molar-refractivity contribution in [3.63, 3.8) is 0 Å². The van der Waals surface area contributed by atoms with Gasteiger partial charge in [-0.15, -0.1) is 23.1 Å². The highest BCUT2D eigenvalue weighted by Crippen LogP contribution is 2.40. The van der Waals surface area contributed by atoms with Crippen molar-refractivity contribution in [2.24, 2.45) is 0 Å². The van der Waals surface area contributed by atoms with Gasteiger partial charge < -0.3 is 15.2 Å². The minimum atomic E-state index is -1.01. The highest BCUT2D eigenvalue weighted by molar-refractivity contribution is 8.00. The maximum Gasteiger partial charge on any atom is 0.341 e. The van der Waals surface area contributed by atoms with E-state index >= 15 is 0 Å². The zero-order valence-corrected chi connectivity index (χ0v) is 15.6. The van der Waals surface area contributed by atoms with Gasteiger partial charge in [-0.25, -0.2) is 9.18 Å². The third kappa shape index (κ3) is 4.83. The summed E-state index contributed by atoms with van der Waals surface area (Å²) >= 11 is 2.15. The number of rotatable bonds is 7. The molecule has 0 spiro atoms. The number of thioether (sulfide) groups is 1. The number of carboxylic acids is 1. The average Bonchev–Trinajstić information content (AvgIpc) is 2.90. The van der Waals surface area contributed by atoms with Gasteiger partial charge in [-0.1, -0.05) is 12.1 Å². The molecule has 26 heavy (non-hydrogen) atoms. The molecule has 0 radical (unpaired) electrons. The van der Waals surface area contributed by atoms with Crippen molar-refractivity contribution in [1.82, 2.24) is 0 Å². The number of carbonyl (C=O) groups excluding carboxylic acids is 2. The van der Waals surface area contributed by atoms with E-state index in [4.69, 9.17) is 9.84 Å². The lowest BCUT2D eigenvalue weighted by molar-refractivity contribution is -0.133. The summed E-state index contributed by atoms with van der Waals surface area (Å²) in [4.78, 5) is 35.6. The number of nitrogens with one attached hydrogen (secondary N) is 1. The van der Waals surface area contributed by atoms with Gasteiger partial charge in [-0.2, -0.15) is 0 Å². The molecular formula is C17H16FNO5S2. The first-order valence-corrected chi connectivity index (χ1v) is 9.37. The Morgan fingerprint density at radius 3 is 2.46 bits per heavy atom. The molecule has 0 saturated heterocycles. The number of ether oxygens (including phenoxy) is 1. The van der Waals surface area contributed by atoms with Gasteiger partial charge in [-0.05, 0) is 24.6 Å². The van der Waals surface area contributed by atoms with Crippen LogP contribution in [-0.2, 0) is 14.3 Å². The predicted octanol–water partition coefficient (Wildman–Crippen LogP) is 3.41. The van der Waals surface area contributed by atoms with E-state index in [1.165, 1.54) is 30.6 Å². The fraction of sp³-hybridized carbons (Fsp3) is 0.235. The Balaban J connectivity index is 2.33. The lowest BCUT2D eigenvalue weighted by Gasteiger charge is -2.08. The number of anilines is 1. The van der Waals surface area contributed by atoms with Gasteiger partial charge in [-0.3, -0.25) is 9.59 Å². The summed E-state index contributed by atoms with van der Waals surface area (Å²) in [6, 6.07) is 5.67. The Bertz CT molecular complexity index is 832. The number of methoxy groups -OCH3 is 1. The van der Waals surface area contributed by atoms with Crippen molar-refractivity contribution >= 4 is 45.9 Å². The van der Waals surface area contributed by atoms with Crippen LogP contribution in [0.3, 0.4) is 0 Å². The third-order valence-electron chi connectivity index (χ3n) is 3.32. The highest BCUT2D eigenvalue weighted by atomic mass is 32.2. The molecule has 0 aliphatic carbocycles. The lowest BCUT2D eigenvalue weighted by Crippen LogP contribution is -2.17. The fourth-order valence-electron chi connectivity index (χ4n) is 2.29. The molecule has 1 aromatic heterocycles. The summed E-state index contributed by atoms with van der Waals surface area (Å²) in [5, 5.41) is 11.6. The number of amides is 1. The molecule has 6 nitrogen and oxygen atoms in total. The van der Waals surface area contributed by atoms with Gasteiger partial charge in [0.1, 0.15) is 16.4 Å². The average molecular weight is 397 g/mol. The Morgan fingerprint density at radius 1 is 1.23 bits per heavy atom. The molecule has 9 heteroatoms. The number of hydrogen-bond donors (Lipinski definition) is 2. The van der Waals surface area contributed by atoms with Crippen LogP contribution < -0.4 is 5.32 Å². The Hall–Kier alpha value is -2.39. The molecule has 0 atom stereocenters. The van der Waals surface area contributed by atoms with Crippen molar-refractivity contribution in [2.75, 3.05) is 23.9 Å². The lowest BCUT2D eigenvalue weighted by atomic mass is 10.0. The number of benzene rings is 1. The SMILES string of the molecule is COC(=O)c1c(NC(=O)CSCC(=O)O)sc(C)c1-c1ccc(F)cc1. The van der Waals surface area contributed by atoms with Crippen molar-refractivity contribution in [2.45, 2.75) is 6.92 Å². The zero-order chi connectivity index (χ0) is 19.3. The summed E-state index contributed by atoms with van der Waals surface area (Å²) in [5.41, 5.74) is 1.38. The van der Waals surface area contributed by atoms with Crippen LogP contribution in [0.25, 0.3) is 11.1 Å². The van der Waals surface area contributed by atoms with E-state index in [0.717, 1.165) is 16.6 Å². The number of hydrogen-bond acceptors (Lipinski definition) is 6. The molecule has 2 N–H and O–H groups in total. The smallest absolute Gasteiger partial charge is 0.341 e. The van der Waals surface area contributed by atoms with E-state index in [2.05, 4.69) is 5.32 Å². The van der Waals surface area contributed by atoms with E-state index in [-0.39, 0.29) is 17.1 Å². The van der Waals surface area contributed by atoms with E-state index < -0.39 is 23.7 Å². The van der Waals surface area contributed by atoms with Crippen LogP contribution in [0.4, 0.5) is 9.39 Å². The zero-order valence-electron chi connectivity index (χ0n) is 14.0. The number of thiophene rings is 1. The van der Waals surface area contributed by atoms with Crippen molar-refractivity contribution in [1.29, 1.82) is 0 Å². The van der Waals surface area contributed by atoms with Crippen LogP contribution in [0.1, 0.15) is 15.2 Å². The molecule has 0 fully saturated rings. The first-order chi connectivity index (χ1) is 12.3. The number of halogens is 1. The van der Waals surface area contributed by atoms with E-state index in [0.29, 0.717) is 16.1 Å². The first kappa shape index (κ1) is 19.9. The van der Waals surface area contributed by atoms with Gasteiger partial charge in [0.15, 0.2) is 0 Å². The van der Waals surface area contributed by atoms with E-state index in [9.17, 15) is 18.8 Å². The third-order valence-corrected chi connectivity index (χ3v) is 5.26. The molecule has 2 rings (SSSR count). The number of aryl methyl sites for hydroxylation is 1. The molecule has 0 aliphatic heterocycles. The van der Waals surface area contributed by atoms with Crippen LogP contribution in [-0.4, -0.2) is 41.6 Å². The largest absolute Gasteiger partial charge is 0.481 e. The van der Waals surface area contributed by atoms with Crippen LogP contribution in [0.15, 0.2) is 24.3 Å². The van der Waals surface area contributed by atoms with Crippen molar-refractivity contribution in [3.8, 4) is 11.1 Å². The first-order valence-electron chi connectivity index (χ1n) is 7.40. The summed E-state index contributed by atoms with van der Waals surface area (Å²) in [5.74, 6) is -2.71. The molecule has 0 unspecified atom stereocenters. The maximum absolute atomic E-state index is 13.2. The molecule has 1 heterocycles. The standard InChI is InChI=1S/C17H16FNO5S2/c1-9-14(10-3-5-11(18)6-4-10)15(17(23)24-2)16(26-9)19-12(20)7-25-8-13(21)22/h3-6H,7-8H2,1-2H3,(H,19,20)(H,21,22). The predicted molar refractivity (Wildman–Crippen MR) is 99.4 cm³/mol. The van der Waals surface area contributed by atoms with Crippen molar-refractivity contribution < 1.29 is 28.6 Å². The van der Waals surface area contributed by atoms with Gasteiger partial charge in [0.25, 0.3) is 0 Å². The minimum absolute atomic E-state index is 0.0598. The molecule has 1 amide bonds. The Labute approximate surface area is 157 Å². The number of aliphatic carboxylic acids is 1. The van der Waals surface area contributed by atoms with Crippen LogP contribution in [0.5, 0.6) is 0 Å². The summed E-state index contributed by atoms with van der Waals surface area (Å²) in [7, 11) is 1.23. The van der Waals surface area contributed by atoms with Crippen LogP contribution in [0.2, 0.25) is 0 Å². The van der Waals surface area contributed by atoms with E-state index in [1.54, 1.807) is 19.1 Å². The summed E-state index contributed by atoms with van der Waals surface area (Å²) in [6.07, 6.45) is 0. The number of carbonyl (C=O) groups is 3. The number of esters is 1. The summed E-state index contributed by atoms with van der Waals surface area (Å²) < 4.78 is 18.0. The molecular weight excluding hydrogens is 381 g/mol. The second-order valence-corrected chi connectivity index (χ2v) is 7.38. The molecule has 0 bridgehead atoms. The molecule has 0 saturated carbocycles. The van der Waals surface area contributed by atoms with Gasteiger partial charge >= 0.3 is 11.9 Å². The second-order valence-electron chi connectivity index (χ2n) is 5.17. The van der Waals surface area contributed by atoms with Crippen LogP contribution >= 0.6 is 23.1 Å². The number of carboxylic acid groups (broad SMARTS) is 1. The summed E-state index contributed by atoms with van der Waals surface area (Å²) in [6.45, 7) is 1.78. The fourth-order valence-corrected chi connectivity index (χ4v) is 3.90. The normalized spacial score (nSPS) is 10.4. The highest BCUT2D eigenvalue weighted by Gasteiger charge is 2.25. The second kappa shape index (κ2) is 8.81. The van der Waals surface area contributed by atoms with Gasteiger partial charge in [0.05, 0.1) is 18.6 Å². The Kier molecular flexibility index (Phi) is 6.76. The van der Waals surface area contributed by atoms with E-state index in [1.807, 2.05) is 0 Å². The van der Waals surface area contributed by atoms with Gasteiger partial charge in [0.2, 0.25) is 5.91 Å². The molecule has 1 aromatic carbocycles. The monoisotopic (exact) mass is 397 g/mol. The topological polar surface area (TPSA) is 92.7 Å². The maximum atomic E-state index is 13.2. The van der Waals surface area contributed by atoms with Crippen molar-refractivity contribution in [3.05, 3.63) is 40.5 Å². The molecule has 0 aliphatic rings. The minimum Gasteiger partial charge on any atom is -0.481 e. The Morgan fingerprint density at radius 2 is 1.88 bits per heavy atom. The molecule has 2 aromatic rings. The van der Waals surface area contributed by atoms with Crippen LogP contribution in [0, 0.1) is 12.7 Å². The quantitative estimate of drug-likeness (QED) is 0.696.